The van der Waals surface area contributed by atoms with E-state index in [0.29, 0.717) is 86.4 Å². The second-order valence-electron chi connectivity index (χ2n) is 27.0. The van der Waals surface area contributed by atoms with Crippen molar-refractivity contribution in [1.82, 2.24) is 51.5 Å². The van der Waals surface area contributed by atoms with Gasteiger partial charge in [0.15, 0.2) is 6.10 Å². The third-order valence-electron chi connectivity index (χ3n) is 17.8. The molecule has 5 aromatic rings. The number of allylic oxidation sites excluding steroid dienone is 5. The molecule has 3 heterocycles. The zero-order chi connectivity index (χ0) is 76.0. The topological polar surface area (TPSA) is 309 Å². The Morgan fingerprint density at radius 3 is 1.98 bits per heavy atom. The number of carbonyl (C=O) groups excluding carboxylic acids is 8. The van der Waals surface area contributed by atoms with E-state index in [1.54, 1.807) is 91.1 Å². The lowest BCUT2D eigenvalue weighted by molar-refractivity contribution is -0.149. The minimum Gasteiger partial charge on any atom is -0.455 e. The van der Waals surface area contributed by atoms with Crippen molar-refractivity contribution >= 4 is 98.9 Å². The number of thiazole rings is 1. The van der Waals surface area contributed by atoms with Gasteiger partial charge in [0.25, 0.3) is 11.8 Å². The molecule has 7 amide bonds. The summed E-state index contributed by atoms with van der Waals surface area (Å²) in [6, 6.07) is 18.7. The van der Waals surface area contributed by atoms with Gasteiger partial charge < -0.3 is 55.2 Å². The van der Waals surface area contributed by atoms with Crippen LogP contribution < -0.4 is 32.1 Å². The lowest BCUT2D eigenvalue weighted by Crippen LogP contribution is -2.58. The first kappa shape index (κ1) is 84.3. The van der Waals surface area contributed by atoms with Crippen LogP contribution in [0.15, 0.2) is 112 Å². The Labute approximate surface area is 629 Å². The normalized spacial score (nSPS) is 15.2. The average Bonchev–Trinajstić information content (AvgIpc) is 1.07. The number of benzene rings is 3. The van der Waals surface area contributed by atoms with Gasteiger partial charge >= 0.3 is 5.97 Å². The highest BCUT2D eigenvalue weighted by atomic mass is 32.2. The van der Waals surface area contributed by atoms with Crippen LogP contribution in [0.3, 0.4) is 0 Å². The standard InChI is InChI=1S/C77H105N11O14S3/c1-13-50(6)69(85-75(95)70(49(4)5)87(10)11)77(96)88(12)64(48(2)3)43-65(102-53(9)89)76-84-63(47-105-76)74(94)81-58(41-54-20-16-14-17-21-54)40-51(7)71(91)86-101-44-55-24-27-57(28-25-55)80-72(92)52(8)79-68(90)30-32-97-34-36-99-38-39-100-37-35-98-33-31-78-73(93)56-26-29-59-60(42-56)83-62-46-104-67-23-19-15-18-22-66(67)103-45-61(62)82-59/h14-22,24-29,42,47-52,58,64-65,69-70H,13,23,30-41,43-46H2,1-12H3,(H,78,93)(H,79,90)(H,80,92)(H,81,94)(H,85,95)(H,86,91)/t50-,51-,52-,58+,64+,65+,69-,70-/m0/s1. The maximum absolute atomic E-state index is 14.4. The molecule has 0 radical (unpaired) electrons. The van der Waals surface area contributed by atoms with E-state index in [1.165, 1.54) is 16.7 Å². The summed E-state index contributed by atoms with van der Waals surface area (Å²) in [5.41, 5.74) is 8.63. The minimum atomic E-state index is -0.906. The predicted octanol–water partition coefficient (Wildman–Crippen LogP) is 9.83. The van der Waals surface area contributed by atoms with E-state index in [-0.39, 0.29) is 86.2 Å². The number of hydrogen-bond donors (Lipinski definition) is 6. The number of fused-ring (bicyclic) bond motifs is 2. The second kappa shape index (κ2) is 43.6. The molecule has 8 atom stereocenters. The molecule has 1 aliphatic heterocycles. The fourth-order valence-corrected chi connectivity index (χ4v) is 15.0. The van der Waals surface area contributed by atoms with Gasteiger partial charge in [0, 0.05) is 89.3 Å². The van der Waals surface area contributed by atoms with Gasteiger partial charge in [0.05, 0.1) is 87.9 Å². The van der Waals surface area contributed by atoms with Crippen molar-refractivity contribution < 1.29 is 66.9 Å². The van der Waals surface area contributed by atoms with Crippen LogP contribution in [0.5, 0.6) is 0 Å². The van der Waals surface area contributed by atoms with E-state index in [0.717, 1.165) is 51.7 Å². The van der Waals surface area contributed by atoms with Crippen LogP contribution in [-0.4, -0.2) is 183 Å². The number of anilines is 1. The average molecular weight is 1500 g/mol. The van der Waals surface area contributed by atoms with E-state index in [9.17, 15) is 38.4 Å². The number of nitrogens with one attached hydrogen (secondary N) is 6. The summed E-state index contributed by atoms with van der Waals surface area (Å²) >= 11 is 4.74. The Bertz CT molecular complexity index is 3770. The Morgan fingerprint density at radius 2 is 1.32 bits per heavy atom. The van der Waals surface area contributed by atoms with Gasteiger partial charge in [0.2, 0.25) is 29.5 Å². The Hall–Kier alpha value is -7.93. The first-order valence-electron chi connectivity index (χ1n) is 35.9. The van der Waals surface area contributed by atoms with Crippen molar-refractivity contribution in [3.05, 3.63) is 151 Å². The number of hydrogen-bond acceptors (Lipinski definition) is 21. The number of carbonyl (C=O) groups is 8. The highest BCUT2D eigenvalue weighted by molar-refractivity contribution is 8.06. The van der Waals surface area contributed by atoms with Gasteiger partial charge in [-0.3, -0.25) is 48.1 Å². The number of rotatable bonds is 42. The molecule has 0 fully saturated rings. The molecular formula is C77H105N11O14S3. The van der Waals surface area contributed by atoms with Gasteiger partial charge in [-0.15, -0.1) is 34.9 Å². The molecule has 0 saturated carbocycles. The summed E-state index contributed by atoms with van der Waals surface area (Å²) < 4.78 is 28.2. The molecular weight excluding hydrogens is 1400 g/mol. The van der Waals surface area contributed by atoms with Gasteiger partial charge in [-0.05, 0) is 106 Å². The van der Waals surface area contributed by atoms with Crippen LogP contribution in [0.1, 0.15) is 149 Å². The molecule has 3 aromatic carbocycles. The first-order valence-corrected chi connectivity index (χ1v) is 38.8. The van der Waals surface area contributed by atoms with Gasteiger partial charge in [0.1, 0.15) is 22.8 Å². The zero-order valence-corrected chi connectivity index (χ0v) is 64.9. The monoisotopic (exact) mass is 1500 g/mol. The van der Waals surface area contributed by atoms with E-state index < -0.39 is 65.9 Å². The van der Waals surface area contributed by atoms with Gasteiger partial charge in [-0.1, -0.05) is 116 Å². The fourth-order valence-electron chi connectivity index (χ4n) is 11.9. The third kappa shape index (κ3) is 27.4. The molecule has 0 spiro atoms. The summed E-state index contributed by atoms with van der Waals surface area (Å²) in [6.45, 7) is 19.2. The highest BCUT2D eigenvalue weighted by Gasteiger charge is 2.38. The third-order valence-corrected chi connectivity index (χ3v) is 21.1. The summed E-state index contributed by atoms with van der Waals surface area (Å²) in [4.78, 5) is 133. The maximum atomic E-state index is 14.4. The van der Waals surface area contributed by atoms with Crippen LogP contribution in [0, 0.1) is 23.7 Å². The van der Waals surface area contributed by atoms with E-state index in [2.05, 4.69) is 61.4 Å². The van der Waals surface area contributed by atoms with Crippen LogP contribution in [0.4, 0.5) is 5.69 Å². The molecule has 570 valence electrons. The number of ether oxygens (including phenoxy) is 5. The van der Waals surface area contributed by atoms with Crippen molar-refractivity contribution in [2.45, 2.75) is 155 Å². The molecule has 2 aliphatic rings. The van der Waals surface area contributed by atoms with Crippen molar-refractivity contribution in [2.75, 3.05) is 85.9 Å². The van der Waals surface area contributed by atoms with Crippen molar-refractivity contribution in [3.63, 3.8) is 0 Å². The summed E-state index contributed by atoms with van der Waals surface area (Å²) in [5.74, 6) is -2.38. The number of likely N-dealkylation sites (N-methyl/N-ethyl adjacent to an activating group) is 2. The molecule has 1 aliphatic carbocycles. The van der Waals surface area contributed by atoms with Crippen LogP contribution in [0.25, 0.3) is 11.0 Å². The van der Waals surface area contributed by atoms with Gasteiger partial charge in [-0.2, -0.15) is 0 Å². The summed E-state index contributed by atoms with van der Waals surface area (Å²) in [5, 5.41) is 16.5. The van der Waals surface area contributed by atoms with Crippen LogP contribution in [0.2, 0.25) is 0 Å². The Morgan fingerprint density at radius 1 is 0.657 bits per heavy atom. The smallest absolute Gasteiger partial charge is 0.303 e. The van der Waals surface area contributed by atoms with Crippen molar-refractivity contribution in [1.29, 1.82) is 0 Å². The van der Waals surface area contributed by atoms with Crippen molar-refractivity contribution in [3.8, 4) is 0 Å². The number of hydroxylamine groups is 1. The predicted molar refractivity (Wildman–Crippen MR) is 409 cm³/mol. The molecule has 28 heteroatoms. The minimum absolute atomic E-state index is 0.000591. The number of esters is 1. The molecule has 105 heavy (non-hydrogen) atoms. The number of amides is 7. The summed E-state index contributed by atoms with van der Waals surface area (Å²) in [6.07, 6.45) is 9.99. The van der Waals surface area contributed by atoms with E-state index >= 15 is 0 Å². The zero-order valence-electron chi connectivity index (χ0n) is 62.5. The van der Waals surface area contributed by atoms with E-state index in [1.807, 2.05) is 96.9 Å². The number of nitrogens with zero attached hydrogens (tertiary/aromatic N) is 5. The lowest BCUT2D eigenvalue weighted by Gasteiger charge is -2.37. The largest absolute Gasteiger partial charge is 0.455 e. The van der Waals surface area contributed by atoms with Gasteiger partial charge in [-0.25, -0.2) is 20.4 Å². The maximum Gasteiger partial charge on any atom is 0.303 e. The van der Waals surface area contributed by atoms with Crippen molar-refractivity contribution in [2.24, 2.45) is 23.7 Å². The molecule has 0 bridgehead atoms. The fraction of sp³-hybridized carbons (Fsp3) is 0.519. The van der Waals surface area contributed by atoms with Crippen LogP contribution in [-0.2, 0) is 81.8 Å². The summed E-state index contributed by atoms with van der Waals surface area (Å²) in [7, 11) is 5.38. The Balaban J connectivity index is 0.748. The molecule has 0 saturated heterocycles. The molecule has 0 unspecified atom stereocenters. The molecule has 25 nitrogen and oxygen atoms in total. The second-order valence-corrected chi connectivity index (χ2v) is 30.0. The lowest BCUT2D eigenvalue weighted by atomic mass is 9.92. The number of aromatic nitrogens is 3. The SMILES string of the molecule is CC[C@H](C)[C@H](NC(=O)[C@H](C(C)C)N(C)C)C(=O)N(C)[C@H](C[C@@H](OC(C)=O)c1nc(C(=O)N[C@@H](Cc2ccccc2)C[C@H](C)C(=O)NOCc2ccc(NC(=O)[C@H](C)NC(=O)CCOCCOCCOCCOCCNC(=O)c3ccc4nc5c(nc4c3)CSC3=C(C=CC=CC3)SC5)cc2)cs1)C(C)C. The highest BCUT2D eigenvalue weighted by Crippen LogP contribution is 2.40. The first-order chi connectivity index (χ1) is 50.4. The number of thioether (sulfide) groups is 2. The molecule has 2 aromatic heterocycles. The van der Waals surface area contributed by atoms with E-state index in [4.69, 9.17) is 38.5 Å². The quantitative estimate of drug-likeness (QED) is 0.0120. The molecule has 6 N–H and O–H groups in total. The molecule has 7 rings (SSSR count). The van der Waals surface area contributed by atoms with Crippen LogP contribution >= 0.6 is 34.9 Å². The Kier molecular flexibility index (Phi) is 35.0.